The Morgan fingerprint density at radius 3 is 2.62 bits per heavy atom. The molecule has 1 aromatic carbocycles. The number of aromatic amines is 1. The number of aliphatic hydroxyl groups excluding tert-OH is 1. The van der Waals surface area contributed by atoms with Gasteiger partial charge in [0, 0.05) is 23.6 Å². The van der Waals surface area contributed by atoms with Gasteiger partial charge in [-0.3, -0.25) is 0 Å². The van der Waals surface area contributed by atoms with E-state index in [9.17, 15) is 17.9 Å². The van der Waals surface area contributed by atoms with Crippen molar-refractivity contribution in [3.63, 3.8) is 0 Å². The van der Waals surface area contributed by atoms with E-state index in [-0.39, 0.29) is 23.6 Å². The van der Waals surface area contributed by atoms with E-state index in [1.54, 1.807) is 31.2 Å². The predicted molar refractivity (Wildman–Crippen MR) is 121 cm³/mol. The minimum absolute atomic E-state index is 0.0740. The third kappa shape index (κ3) is 5.51. The SMILES string of the molecule is C[C@@H](CF)Oc1cc(Oc2cnc(S(C)(=O)=O)cn2)cc(-c2ccc(C3=NC[C@H](CO)O3)[nH]2)c1. The molecule has 10 nitrogen and oxygen atoms in total. The molecule has 0 unspecified atom stereocenters. The molecule has 3 aromatic rings. The van der Waals surface area contributed by atoms with Crippen molar-refractivity contribution in [1.29, 1.82) is 0 Å². The van der Waals surface area contributed by atoms with Crippen LogP contribution in [0.3, 0.4) is 0 Å². The fraction of sp³-hybridized carbons (Fsp3) is 0.318. The maximum atomic E-state index is 13.0. The molecule has 0 spiro atoms. The van der Waals surface area contributed by atoms with Gasteiger partial charge in [0.1, 0.15) is 36.1 Å². The molecule has 0 aliphatic carbocycles. The maximum absolute atomic E-state index is 13.0. The number of aromatic nitrogens is 3. The van der Waals surface area contributed by atoms with Gasteiger partial charge in [-0.05, 0) is 31.2 Å². The molecule has 1 aliphatic heterocycles. The lowest BCUT2D eigenvalue weighted by Crippen LogP contribution is -2.17. The minimum atomic E-state index is -3.49. The highest BCUT2D eigenvalue weighted by atomic mass is 32.2. The average molecular weight is 491 g/mol. The third-order valence-corrected chi connectivity index (χ3v) is 5.76. The number of benzene rings is 1. The quantitative estimate of drug-likeness (QED) is 0.467. The Labute approximate surface area is 195 Å². The van der Waals surface area contributed by atoms with Crippen molar-refractivity contribution in [1.82, 2.24) is 15.0 Å². The lowest BCUT2D eigenvalue weighted by atomic mass is 10.1. The highest BCUT2D eigenvalue weighted by molar-refractivity contribution is 7.90. The van der Waals surface area contributed by atoms with Crippen LogP contribution in [0.1, 0.15) is 12.6 Å². The van der Waals surface area contributed by atoms with Crippen LogP contribution in [0.5, 0.6) is 17.4 Å². The Bertz CT molecular complexity index is 1290. The molecule has 12 heteroatoms. The minimum Gasteiger partial charge on any atom is -0.488 e. The standard InChI is InChI=1S/C22H23FN4O6S/c1-13(8-23)31-15-5-14(18-3-4-19(27-18)22-26-9-17(12-28)33-22)6-16(7-15)32-20-10-25-21(11-24-20)34(2,29)30/h3-7,10-11,13,17,27-28H,8-9,12H2,1-2H3/t13-,17+/m0/s1. The molecule has 0 bridgehead atoms. The molecule has 0 saturated heterocycles. The number of hydrogen-bond donors (Lipinski definition) is 2. The molecule has 2 aromatic heterocycles. The number of halogens is 1. The lowest BCUT2D eigenvalue weighted by molar-refractivity contribution is 0.130. The van der Waals surface area contributed by atoms with E-state index in [2.05, 4.69) is 19.9 Å². The van der Waals surface area contributed by atoms with Gasteiger partial charge in [-0.15, -0.1) is 0 Å². The molecular formula is C22H23FN4O6S. The molecular weight excluding hydrogens is 467 g/mol. The maximum Gasteiger partial charge on any atom is 0.237 e. The number of hydrogen-bond acceptors (Lipinski definition) is 9. The summed E-state index contributed by atoms with van der Waals surface area (Å²) in [6.07, 6.45) is 2.31. The highest BCUT2D eigenvalue weighted by Crippen LogP contribution is 2.32. The van der Waals surface area contributed by atoms with Gasteiger partial charge in [0.2, 0.25) is 11.8 Å². The largest absolute Gasteiger partial charge is 0.488 e. The zero-order chi connectivity index (χ0) is 24.3. The van der Waals surface area contributed by atoms with Crippen LogP contribution in [-0.2, 0) is 14.6 Å². The summed E-state index contributed by atoms with van der Waals surface area (Å²) in [4.78, 5) is 15.4. The van der Waals surface area contributed by atoms with Gasteiger partial charge < -0.3 is 24.3 Å². The molecule has 34 heavy (non-hydrogen) atoms. The summed E-state index contributed by atoms with van der Waals surface area (Å²) in [5.41, 5.74) is 2.00. The van der Waals surface area contributed by atoms with E-state index in [0.717, 1.165) is 12.5 Å². The van der Waals surface area contributed by atoms with Gasteiger partial charge in [-0.25, -0.2) is 27.8 Å². The molecule has 3 heterocycles. The normalized spacial score (nSPS) is 16.6. The van der Waals surface area contributed by atoms with E-state index in [4.69, 9.17) is 14.2 Å². The van der Waals surface area contributed by atoms with Gasteiger partial charge in [-0.1, -0.05) is 0 Å². The van der Waals surface area contributed by atoms with Crippen LogP contribution in [0, 0.1) is 0 Å². The summed E-state index contributed by atoms with van der Waals surface area (Å²) < 4.78 is 53.2. The van der Waals surface area contributed by atoms with Crippen molar-refractivity contribution < 1.29 is 32.1 Å². The molecule has 0 fully saturated rings. The number of rotatable bonds is 9. The van der Waals surface area contributed by atoms with Gasteiger partial charge in [0.25, 0.3) is 0 Å². The molecule has 2 atom stereocenters. The van der Waals surface area contributed by atoms with Crippen molar-refractivity contribution in [3.8, 4) is 28.6 Å². The van der Waals surface area contributed by atoms with Crippen LogP contribution in [0.2, 0.25) is 0 Å². The number of nitrogens with one attached hydrogen (secondary N) is 1. The van der Waals surface area contributed by atoms with Gasteiger partial charge >= 0.3 is 0 Å². The number of alkyl halides is 1. The van der Waals surface area contributed by atoms with Gasteiger partial charge in [0.05, 0.1) is 25.5 Å². The van der Waals surface area contributed by atoms with E-state index >= 15 is 0 Å². The Kier molecular flexibility index (Phi) is 6.80. The predicted octanol–water partition coefficient (Wildman–Crippen LogP) is 2.54. The molecule has 4 rings (SSSR count). The van der Waals surface area contributed by atoms with Crippen molar-refractivity contribution in [2.24, 2.45) is 4.99 Å². The zero-order valence-corrected chi connectivity index (χ0v) is 19.3. The molecule has 0 amide bonds. The Hall–Kier alpha value is -3.51. The number of H-pyrrole nitrogens is 1. The van der Waals surface area contributed by atoms with Crippen molar-refractivity contribution in [2.75, 3.05) is 26.1 Å². The number of nitrogens with zero attached hydrogens (tertiary/aromatic N) is 3. The van der Waals surface area contributed by atoms with E-state index in [1.807, 2.05) is 6.07 Å². The molecule has 0 radical (unpaired) electrons. The second-order valence-corrected chi connectivity index (χ2v) is 9.66. The summed E-state index contributed by atoms with van der Waals surface area (Å²) in [7, 11) is -3.49. The van der Waals surface area contributed by atoms with Crippen LogP contribution >= 0.6 is 0 Å². The van der Waals surface area contributed by atoms with Crippen LogP contribution in [0.25, 0.3) is 11.3 Å². The van der Waals surface area contributed by atoms with Crippen LogP contribution in [0.15, 0.2) is 52.7 Å². The molecule has 180 valence electrons. The average Bonchev–Trinajstić information content (AvgIpc) is 3.48. The van der Waals surface area contributed by atoms with Crippen molar-refractivity contribution in [3.05, 3.63) is 48.4 Å². The smallest absolute Gasteiger partial charge is 0.237 e. The van der Waals surface area contributed by atoms with Gasteiger partial charge in [-0.2, -0.15) is 0 Å². The first-order valence-corrected chi connectivity index (χ1v) is 12.2. The zero-order valence-electron chi connectivity index (χ0n) is 18.4. The number of sulfone groups is 1. The molecule has 0 saturated carbocycles. The fourth-order valence-electron chi connectivity index (χ4n) is 3.14. The topological polar surface area (TPSA) is 136 Å². The van der Waals surface area contributed by atoms with Crippen molar-refractivity contribution in [2.45, 2.75) is 24.2 Å². The van der Waals surface area contributed by atoms with Crippen LogP contribution in [0.4, 0.5) is 4.39 Å². The molecule has 1 aliphatic rings. The Morgan fingerprint density at radius 2 is 1.97 bits per heavy atom. The Balaban J connectivity index is 1.63. The summed E-state index contributed by atoms with van der Waals surface area (Å²) in [6, 6.07) is 8.61. The summed E-state index contributed by atoms with van der Waals surface area (Å²) in [5.74, 6) is 1.17. The third-order valence-electron chi connectivity index (χ3n) is 4.79. The second kappa shape index (κ2) is 9.77. The highest BCUT2D eigenvalue weighted by Gasteiger charge is 2.21. The summed E-state index contributed by atoms with van der Waals surface area (Å²) in [5, 5.41) is 9.07. The van der Waals surface area contributed by atoms with E-state index < -0.39 is 22.6 Å². The first-order valence-electron chi connectivity index (χ1n) is 10.3. The van der Waals surface area contributed by atoms with Gasteiger partial charge in [0.15, 0.2) is 14.9 Å². The van der Waals surface area contributed by atoms with Crippen LogP contribution in [-0.4, -0.2) is 72.7 Å². The number of aliphatic imine (C=N–C) groups is 1. The van der Waals surface area contributed by atoms with Crippen LogP contribution < -0.4 is 9.47 Å². The lowest BCUT2D eigenvalue weighted by Gasteiger charge is -2.14. The second-order valence-electron chi connectivity index (χ2n) is 7.70. The summed E-state index contributed by atoms with van der Waals surface area (Å²) >= 11 is 0. The fourth-order valence-corrected chi connectivity index (χ4v) is 3.62. The monoisotopic (exact) mass is 490 g/mol. The van der Waals surface area contributed by atoms with E-state index in [1.165, 1.54) is 6.20 Å². The van der Waals surface area contributed by atoms with E-state index in [0.29, 0.717) is 40.9 Å². The number of ether oxygens (including phenoxy) is 3. The first-order chi connectivity index (χ1) is 16.2. The first kappa shape index (κ1) is 23.6. The summed E-state index contributed by atoms with van der Waals surface area (Å²) in [6.45, 7) is 1.18. The number of aliphatic hydroxyl groups is 1. The Morgan fingerprint density at radius 1 is 1.21 bits per heavy atom. The molecule has 2 N–H and O–H groups in total. The van der Waals surface area contributed by atoms with Crippen molar-refractivity contribution >= 4 is 15.7 Å².